The van der Waals surface area contributed by atoms with Crippen LogP contribution in [-0.4, -0.2) is 0 Å². The molecule has 9 heteroatoms. The molecule has 0 aliphatic carbocycles. The first kappa shape index (κ1) is 31.5. The third kappa shape index (κ3) is 7.25. The molecule has 5 aromatic carbocycles. The van der Waals surface area contributed by atoms with E-state index in [0.717, 1.165) is 47.5 Å². The van der Waals surface area contributed by atoms with Crippen LogP contribution >= 0.6 is 0 Å². The highest BCUT2D eigenvalue weighted by Crippen LogP contribution is 2.36. The van der Waals surface area contributed by atoms with Crippen molar-refractivity contribution >= 4 is 6.08 Å². The summed E-state index contributed by atoms with van der Waals surface area (Å²) in [6.45, 7) is 1.98. The van der Waals surface area contributed by atoms with E-state index in [4.69, 9.17) is 0 Å². The maximum Gasteiger partial charge on any atom is 0.429 e. The molecule has 0 aliphatic rings. The van der Waals surface area contributed by atoms with Gasteiger partial charge < -0.3 is 4.74 Å². The lowest BCUT2D eigenvalue weighted by atomic mass is 9.99. The summed E-state index contributed by atoms with van der Waals surface area (Å²) in [5.41, 5.74) is 0.840. The molecule has 0 heterocycles. The van der Waals surface area contributed by atoms with Crippen LogP contribution in [0.25, 0.3) is 28.3 Å². The Balaban J connectivity index is 1.27. The Morgan fingerprint density at radius 1 is 0.622 bits per heavy atom. The van der Waals surface area contributed by atoms with Gasteiger partial charge in [0.05, 0.1) is 5.56 Å². The quantitative estimate of drug-likeness (QED) is 0.117. The van der Waals surface area contributed by atoms with E-state index in [2.05, 4.69) is 4.74 Å². The van der Waals surface area contributed by atoms with E-state index < -0.39 is 52.3 Å². The van der Waals surface area contributed by atoms with Crippen molar-refractivity contribution in [3.05, 3.63) is 154 Å². The number of alkyl halides is 2. The minimum absolute atomic E-state index is 0.0227. The Morgan fingerprint density at radius 2 is 1.24 bits per heavy atom. The second kappa shape index (κ2) is 13.0. The van der Waals surface area contributed by atoms with E-state index in [1.54, 1.807) is 0 Å². The van der Waals surface area contributed by atoms with Crippen LogP contribution in [0.5, 0.6) is 5.75 Å². The Labute approximate surface area is 254 Å². The van der Waals surface area contributed by atoms with Crippen LogP contribution in [0.15, 0.2) is 97.1 Å². The third-order valence-corrected chi connectivity index (χ3v) is 7.10. The van der Waals surface area contributed by atoms with Gasteiger partial charge in [-0.3, -0.25) is 0 Å². The summed E-state index contributed by atoms with van der Waals surface area (Å²) in [4.78, 5) is 0. The highest BCUT2D eigenvalue weighted by Gasteiger charge is 2.38. The van der Waals surface area contributed by atoms with E-state index in [1.165, 1.54) is 12.1 Å². The highest BCUT2D eigenvalue weighted by molar-refractivity contribution is 5.72. The predicted octanol–water partition coefficient (Wildman–Crippen LogP) is 10.9. The highest BCUT2D eigenvalue weighted by atomic mass is 19.3. The lowest BCUT2D eigenvalue weighted by Crippen LogP contribution is -2.23. The first-order chi connectivity index (χ1) is 21.4. The molecule has 0 aromatic heterocycles. The Bertz CT molecular complexity index is 1860. The van der Waals surface area contributed by atoms with Gasteiger partial charge in [0, 0.05) is 17.2 Å². The van der Waals surface area contributed by atoms with Gasteiger partial charge in [-0.1, -0.05) is 60.2 Å². The summed E-state index contributed by atoms with van der Waals surface area (Å²) >= 11 is 0. The molecule has 0 radical (unpaired) electrons. The van der Waals surface area contributed by atoms with Crippen molar-refractivity contribution in [2.75, 3.05) is 0 Å². The Hall–Kier alpha value is -4.92. The smallest absolute Gasteiger partial charge is 0.429 e. The molecule has 0 aliphatic heterocycles. The molecule has 5 aromatic rings. The van der Waals surface area contributed by atoms with Gasteiger partial charge in [-0.25, -0.2) is 26.3 Å². The van der Waals surface area contributed by atoms with Gasteiger partial charge in [0.2, 0.25) is 0 Å². The Kier molecular flexibility index (Phi) is 9.09. The van der Waals surface area contributed by atoms with Crippen LogP contribution in [0, 0.1) is 41.8 Å². The van der Waals surface area contributed by atoms with E-state index in [-0.39, 0.29) is 22.3 Å². The number of benzene rings is 5. The minimum atomic E-state index is -4.14. The monoisotopic (exact) mass is 624 g/mol. The van der Waals surface area contributed by atoms with Crippen LogP contribution in [0.4, 0.5) is 35.1 Å². The summed E-state index contributed by atoms with van der Waals surface area (Å²) in [5.74, 6) is -8.57. The number of allylic oxidation sites excluding steroid dienone is 1. The summed E-state index contributed by atoms with van der Waals surface area (Å²) < 4.78 is 120. The largest absolute Gasteiger partial charge is 0.429 e. The first-order valence-corrected chi connectivity index (χ1v) is 13.7. The van der Waals surface area contributed by atoms with Crippen molar-refractivity contribution in [2.45, 2.75) is 25.9 Å². The molecule has 0 saturated heterocycles. The maximum atomic E-state index is 15.0. The molecule has 0 unspecified atom stereocenters. The van der Waals surface area contributed by atoms with Gasteiger partial charge >= 0.3 is 6.11 Å². The number of halogens is 8. The van der Waals surface area contributed by atoms with Crippen LogP contribution in [0.2, 0.25) is 0 Å². The molecule has 0 bridgehead atoms. The van der Waals surface area contributed by atoms with Crippen molar-refractivity contribution in [2.24, 2.45) is 0 Å². The van der Waals surface area contributed by atoms with Crippen LogP contribution in [0.3, 0.4) is 0 Å². The SMILES string of the molecule is Cc1ccc(/C=C/CCc2ccc(C(F)(F)Oc3ccc(-c4ccc(-c5cc(F)c(F)c(F)c5)c(F)c4)c(F)c3)c(F)c2)cc1. The third-order valence-electron chi connectivity index (χ3n) is 7.10. The van der Waals surface area contributed by atoms with Crippen molar-refractivity contribution < 1.29 is 39.9 Å². The molecule has 1 nitrogen and oxygen atoms in total. The first-order valence-electron chi connectivity index (χ1n) is 13.7. The maximum absolute atomic E-state index is 15.0. The molecular formula is C36H24F8O. The molecule has 0 fully saturated rings. The van der Waals surface area contributed by atoms with Gasteiger partial charge in [0.1, 0.15) is 23.2 Å². The normalized spacial score (nSPS) is 11.8. The van der Waals surface area contributed by atoms with Crippen molar-refractivity contribution in [3.63, 3.8) is 0 Å². The molecule has 5 rings (SSSR count). The predicted molar refractivity (Wildman–Crippen MR) is 157 cm³/mol. The number of hydrogen-bond donors (Lipinski definition) is 0. The molecule has 0 atom stereocenters. The fraction of sp³-hybridized carbons (Fsp3) is 0.111. The molecule has 230 valence electrons. The van der Waals surface area contributed by atoms with Crippen molar-refractivity contribution in [1.29, 1.82) is 0 Å². The van der Waals surface area contributed by atoms with Gasteiger partial charge in [-0.05, 0) is 84.5 Å². The lowest BCUT2D eigenvalue weighted by Gasteiger charge is -2.19. The average Bonchev–Trinajstić information content (AvgIpc) is 2.98. The van der Waals surface area contributed by atoms with Crippen molar-refractivity contribution in [1.82, 2.24) is 0 Å². The summed E-state index contributed by atoms with van der Waals surface area (Å²) in [6.07, 6.45) is 0.651. The zero-order valence-electron chi connectivity index (χ0n) is 23.7. The molecule has 0 saturated carbocycles. The van der Waals surface area contributed by atoms with Crippen LogP contribution in [-0.2, 0) is 12.5 Å². The van der Waals surface area contributed by atoms with Gasteiger partial charge in [-0.15, -0.1) is 0 Å². The van der Waals surface area contributed by atoms with Gasteiger partial charge in [-0.2, -0.15) is 8.78 Å². The summed E-state index contributed by atoms with van der Waals surface area (Å²) in [6, 6.07) is 18.3. The molecular weight excluding hydrogens is 600 g/mol. The van der Waals surface area contributed by atoms with Crippen molar-refractivity contribution in [3.8, 4) is 28.0 Å². The van der Waals surface area contributed by atoms with Crippen LogP contribution < -0.4 is 4.74 Å². The molecule has 0 amide bonds. The Morgan fingerprint density at radius 3 is 1.89 bits per heavy atom. The lowest BCUT2D eigenvalue weighted by molar-refractivity contribution is -0.187. The zero-order valence-corrected chi connectivity index (χ0v) is 23.7. The van der Waals surface area contributed by atoms with E-state index in [9.17, 15) is 35.1 Å². The average molecular weight is 625 g/mol. The fourth-order valence-corrected chi connectivity index (χ4v) is 4.72. The summed E-state index contributed by atoms with van der Waals surface area (Å²) in [7, 11) is 0. The zero-order chi connectivity index (χ0) is 32.3. The molecule has 0 spiro atoms. The molecule has 45 heavy (non-hydrogen) atoms. The van der Waals surface area contributed by atoms with E-state index >= 15 is 0 Å². The van der Waals surface area contributed by atoms with E-state index in [1.807, 2.05) is 43.3 Å². The number of aryl methyl sites for hydroxylation is 2. The summed E-state index contributed by atoms with van der Waals surface area (Å²) in [5, 5.41) is 0. The molecule has 0 N–H and O–H groups in total. The minimum Gasteiger partial charge on any atom is -0.429 e. The van der Waals surface area contributed by atoms with Gasteiger partial charge in [0.15, 0.2) is 17.5 Å². The number of ether oxygens (including phenoxy) is 1. The number of rotatable bonds is 9. The fourth-order valence-electron chi connectivity index (χ4n) is 4.72. The van der Waals surface area contributed by atoms with Gasteiger partial charge in [0.25, 0.3) is 0 Å². The second-order valence-corrected chi connectivity index (χ2v) is 10.4. The van der Waals surface area contributed by atoms with E-state index in [0.29, 0.717) is 36.6 Å². The second-order valence-electron chi connectivity index (χ2n) is 10.4. The van der Waals surface area contributed by atoms with Crippen LogP contribution in [0.1, 0.15) is 28.7 Å². The number of hydrogen-bond acceptors (Lipinski definition) is 1. The topological polar surface area (TPSA) is 9.23 Å². The standard InChI is InChI=1S/C36H24F8O/c1-21-6-8-22(9-7-21)4-2-3-5-23-10-15-29(32(39)16-23)36(43,44)45-26-12-14-27(31(38)20-26)24-11-13-28(30(37)17-24)25-18-33(40)35(42)34(41)19-25/h2,4,6-20H,3,5H2,1H3/b4-2+.